The molecular weight excluding hydrogens is 472 g/mol. The molecule has 3 N–H and O–H groups in total. The molecule has 0 fully saturated rings. The molecule has 0 aliphatic carbocycles. The largest absolute Gasteiger partial charge is 0.416 e. The molecule has 0 aliphatic heterocycles. The topological polar surface area (TPSA) is 65.5 Å². The SMILES string of the molecule is CCCNC(=O)CCN=C(NCC)NCCc1ccc(C(F)(F)F)cc1.I. The van der Waals surface area contributed by atoms with Crippen LogP contribution in [0.25, 0.3) is 0 Å². The van der Waals surface area contributed by atoms with Gasteiger partial charge in [0.2, 0.25) is 5.91 Å². The van der Waals surface area contributed by atoms with Crippen molar-refractivity contribution in [1.29, 1.82) is 0 Å². The summed E-state index contributed by atoms with van der Waals surface area (Å²) in [6.45, 7) is 6.15. The van der Waals surface area contributed by atoms with Crippen LogP contribution in [0.4, 0.5) is 13.2 Å². The van der Waals surface area contributed by atoms with E-state index in [9.17, 15) is 18.0 Å². The summed E-state index contributed by atoms with van der Waals surface area (Å²) in [6, 6.07) is 5.13. The van der Waals surface area contributed by atoms with E-state index in [1.54, 1.807) is 0 Å². The zero-order valence-electron chi connectivity index (χ0n) is 15.7. The van der Waals surface area contributed by atoms with Gasteiger partial charge in [-0.15, -0.1) is 24.0 Å². The number of aliphatic imine (C=N–C) groups is 1. The highest BCUT2D eigenvalue weighted by Gasteiger charge is 2.29. The minimum Gasteiger partial charge on any atom is -0.357 e. The van der Waals surface area contributed by atoms with Gasteiger partial charge in [-0.05, 0) is 37.5 Å². The Balaban J connectivity index is 0.00000676. The Bertz CT molecular complexity index is 577. The number of halogens is 4. The number of carbonyl (C=O) groups is 1. The summed E-state index contributed by atoms with van der Waals surface area (Å²) in [4.78, 5) is 15.9. The van der Waals surface area contributed by atoms with Crippen LogP contribution in [0.2, 0.25) is 0 Å². The van der Waals surface area contributed by atoms with Gasteiger partial charge < -0.3 is 16.0 Å². The summed E-state index contributed by atoms with van der Waals surface area (Å²) < 4.78 is 37.6. The Morgan fingerprint density at radius 2 is 1.70 bits per heavy atom. The lowest BCUT2D eigenvalue weighted by Crippen LogP contribution is -2.38. The Morgan fingerprint density at radius 3 is 2.26 bits per heavy atom. The number of rotatable bonds is 9. The minimum atomic E-state index is -4.31. The van der Waals surface area contributed by atoms with Crippen LogP contribution in [0.5, 0.6) is 0 Å². The number of guanidine groups is 1. The predicted octanol–water partition coefficient (Wildman–Crippen LogP) is 3.34. The number of hydrogen-bond acceptors (Lipinski definition) is 2. The second-order valence-electron chi connectivity index (χ2n) is 5.73. The Kier molecular flexibility index (Phi) is 12.9. The van der Waals surface area contributed by atoms with Crippen molar-refractivity contribution in [3.63, 3.8) is 0 Å². The lowest BCUT2D eigenvalue weighted by Gasteiger charge is -2.12. The van der Waals surface area contributed by atoms with Gasteiger partial charge in [-0.1, -0.05) is 19.1 Å². The van der Waals surface area contributed by atoms with E-state index in [1.165, 1.54) is 12.1 Å². The molecule has 1 rings (SSSR count). The van der Waals surface area contributed by atoms with Gasteiger partial charge >= 0.3 is 6.18 Å². The first-order chi connectivity index (χ1) is 12.4. The number of benzene rings is 1. The normalized spacial score (nSPS) is 11.5. The van der Waals surface area contributed by atoms with Crippen LogP contribution in [0, 0.1) is 0 Å². The number of hydrogen-bond donors (Lipinski definition) is 3. The van der Waals surface area contributed by atoms with E-state index in [1.807, 2.05) is 13.8 Å². The Labute approximate surface area is 175 Å². The molecule has 9 heteroatoms. The molecule has 27 heavy (non-hydrogen) atoms. The van der Waals surface area contributed by atoms with Crippen LogP contribution >= 0.6 is 24.0 Å². The lowest BCUT2D eigenvalue weighted by atomic mass is 10.1. The molecule has 0 heterocycles. The van der Waals surface area contributed by atoms with Gasteiger partial charge in [-0.25, -0.2) is 0 Å². The summed E-state index contributed by atoms with van der Waals surface area (Å²) in [6.07, 6.45) is -2.54. The number of amides is 1. The van der Waals surface area contributed by atoms with Gasteiger partial charge in [-0.2, -0.15) is 13.2 Å². The fourth-order valence-corrected chi connectivity index (χ4v) is 2.15. The summed E-state index contributed by atoms with van der Waals surface area (Å²) >= 11 is 0. The van der Waals surface area contributed by atoms with E-state index in [0.717, 1.165) is 24.1 Å². The molecule has 5 nitrogen and oxygen atoms in total. The second kappa shape index (κ2) is 13.6. The third-order valence-corrected chi connectivity index (χ3v) is 3.51. The highest BCUT2D eigenvalue weighted by Crippen LogP contribution is 2.29. The third kappa shape index (κ3) is 11.0. The number of nitrogens with zero attached hydrogens (tertiary/aromatic N) is 1. The van der Waals surface area contributed by atoms with Gasteiger partial charge in [0.15, 0.2) is 5.96 Å². The quantitative estimate of drug-likeness (QED) is 0.277. The predicted molar refractivity (Wildman–Crippen MR) is 112 cm³/mol. The van der Waals surface area contributed by atoms with Crippen molar-refractivity contribution in [2.75, 3.05) is 26.2 Å². The fraction of sp³-hybridized carbons (Fsp3) is 0.556. The van der Waals surface area contributed by atoms with Crippen molar-refractivity contribution in [2.45, 2.75) is 39.3 Å². The van der Waals surface area contributed by atoms with Crippen LogP contribution < -0.4 is 16.0 Å². The summed E-state index contributed by atoms with van der Waals surface area (Å²) in [7, 11) is 0. The number of alkyl halides is 3. The molecule has 0 saturated heterocycles. The van der Waals surface area contributed by atoms with Crippen LogP contribution in [0.1, 0.15) is 37.8 Å². The van der Waals surface area contributed by atoms with E-state index >= 15 is 0 Å². The van der Waals surface area contributed by atoms with Crippen LogP contribution in [0.3, 0.4) is 0 Å². The van der Waals surface area contributed by atoms with Gasteiger partial charge in [0.05, 0.1) is 12.1 Å². The zero-order valence-corrected chi connectivity index (χ0v) is 18.0. The molecule has 1 amide bonds. The first-order valence-electron chi connectivity index (χ1n) is 8.81. The molecular formula is C18H28F3IN4O. The van der Waals surface area contributed by atoms with E-state index in [2.05, 4.69) is 20.9 Å². The fourth-order valence-electron chi connectivity index (χ4n) is 2.15. The molecule has 0 aliphatic rings. The van der Waals surface area contributed by atoms with Crippen molar-refractivity contribution in [2.24, 2.45) is 4.99 Å². The monoisotopic (exact) mass is 500 g/mol. The first-order valence-corrected chi connectivity index (χ1v) is 8.81. The minimum absolute atomic E-state index is 0. The smallest absolute Gasteiger partial charge is 0.357 e. The molecule has 0 aromatic heterocycles. The standard InChI is InChI=1S/C18H27F3N4O.HI/c1-3-11-23-16(26)10-13-25-17(22-4-2)24-12-9-14-5-7-15(8-6-14)18(19,20)21;/h5-8H,3-4,9-13H2,1-2H3,(H,23,26)(H2,22,24,25);1H. The number of carbonyl (C=O) groups excluding carboxylic acids is 1. The van der Waals surface area contributed by atoms with Gasteiger partial charge in [0, 0.05) is 26.1 Å². The van der Waals surface area contributed by atoms with Crippen molar-refractivity contribution in [1.82, 2.24) is 16.0 Å². The van der Waals surface area contributed by atoms with E-state index in [-0.39, 0.29) is 29.9 Å². The lowest BCUT2D eigenvalue weighted by molar-refractivity contribution is -0.137. The summed E-state index contributed by atoms with van der Waals surface area (Å²) in [5.74, 6) is 0.555. The van der Waals surface area contributed by atoms with Crippen LogP contribution in [-0.4, -0.2) is 38.0 Å². The first kappa shape index (κ1) is 25.5. The van der Waals surface area contributed by atoms with Gasteiger partial charge in [0.25, 0.3) is 0 Å². The molecule has 0 unspecified atom stereocenters. The molecule has 1 aromatic rings. The van der Waals surface area contributed by atoms with Crippen molar-refractivity contribution in [3.05, 3.63) is 35.4 Å². The maximum Gasteiger partial charge on any atom is 0.416 e. The third-order valence-electron chi connectivity index (χ3n) is 3.51. The average molecular weight is 500 g/mol. The van der Waals surface area contributed by atoms with Crippen LogP contribution in [0.15, 0.2) is 29.3 Å². The molecule has 0 atom stereocenters. The summed E-state index contributed by atoms with van der Waals surface area (Å²) in [5, 5.41) is 8.98. The maximum atomic E-state index is 12.5. The van der Waals surface area contributed by atoms with Crippen molar-refractivity contribution in [3.8, 4) is 0 Å². The second-order valence-corrected chi connectivity index (χ2v) is 5.73. The summed E-state index contributed by atoms with van der Waals surface area (Å²) in [5.41, 5.74) is 0.158. The Morgan fingerprint density at radius 1 is 1.04 bits per heavy atom. The number of nitrogens with one attached hydrogen (secondary N) is 3. The highest BCUT2D eigenvalue weighted by atomic mass is 127. The highest BCUT2D eigenvalue weighted by molar-refractivity contribution is 14.0. The molecule has 154 valence electrons. The molecule has 0 spiro atoms. The Hall–Kier alpha value is -1.52. The van der Waals surface area contributed by atoms with Crippen LogP contribution in [-0.2, 0) is 17.4 Å². The van der Waals surface area contributed by atoms with E-state index in [0.29, 0.717) is 45.0 Å². The van der Waals surface area contributed by atoms with E-state index < -0.39 is 11.7 Å². The molecule has 0 radical (unpaired) electrons. The zero-order chi connectivity index (χ0) is 19.4. The van der Waals surface area contributed by atoms with Gasteiger partial charge in [-0.3, -0.25) is 9.79 Å². The van der Waals surface area contributed by atoms with Gasteiger partial charge in [0.1, 0.15) is 0 Å². The van der Waals surface area contributed by atoms with Crippen molar-refractivity contribution >= 4 is 35.8 Å². The molecule has 0 saturated carbocycles. The molecule has 0 bridgehead atoms. The van der Waals surface area contributed by atoms with Crippen molar-refractivity contribution < 1.29 is 18.0 Å². The maximum absolute atomic E-state index is 12.5. The van der Waals surface area contributed by atoms with E-state index in [4.69, 9.17) is 0 Å². The average Bonchev–Trinajstić information content (AvgIpc) is 2.59. The molecule has 1 aromatic carbocycles.